The molecule has 0 spiro atoms. The van der Waals surface area contributed by atoms with Gasteiger partial charge in [0.2, 0.25) is 0 Å². The Morgan fingerprint density at radius 3 is 2.74 bits per heavy atom. The lowest BCUT2D eigenvalue weighted by Gasteiger charge is -2.43. The number of rotatable bonds is 6. The van der Waals surface area contributed by atoms with Gasteiger partial charge < -0.3 is 10.1 Å². The summed E-state index contributed by atoms with van der Waals surface area (Å²) in [6.07, 6.45) is 8.41. The summed E-state index contributed by atoms with van der Waals surface area (Å²) in [5.74, 6) is 0.927. The lowest BCUT2D eigenvalue weighted by Crippen LogP contribution is -2.58. The highest BCUT2D eigenvalue weighted by molar-refractivity contribution is 4.89. The van der Waals surface area contributed by atoms with Crippen LogP contribution in [-0.4, -0.2) is 49.8 Å². The van der Waals surface area contributed by atoms with E-state index in [4.69, 9.17) is 4.74 Å². The number of ether oxygens (including phenoxy) is 1. The predicted molar refractivity (Wildman–Crippen MR) is 80.5 cm³/mol. The molecule has 1 saturated carbocycles. The van der Waals surface area contributed by atoms with Gasteiger partial charge in [-0.15, -0.1) is 0 Å². The molecule has 2 atom stereocenters. The van der Waals surface area contributed by atoms with Crippen LogP contribution in [0.2, 0.25) is 0 Å². The molecular weight excluding hydrogens is 236 g/mol. The van der Waals surface area contributed by atoms with Crippen LogP contribution in [0.4, 0.5) is 0 Å². The molecule has 3 heteroatoms. The van der Waals surface area contributed by atoms with Crippen molar-refractivity contribution in [3.63, 3.8) is 0 Å². The Labute approximate surface area is 119 Å². The molecule has 2 aliphatic rings. The fourth-order valence-corrected chi connectivity index (χ4v) is 3.63. The van der Waals surface area contributed by atoms with Crippen LogP contribution in [0.5, 0.6) is 0 Å². The first-order valence-electron chi connectivity index (χ1n) is 8.36. The van der Waals surface area contributed by atoms with Crippen molar-refractivity contribution >= 4 is 0 Å². The predicted octanol–water partition coefficient (Wildman–Crippen LogP) is 2.66. The molecule has 19 heavy (non-hydrogen) atoms. The van der Waals surface area contributed by atoms with E-state index < -0.39 is 0 Å². The number of hydrogen-bond donors (Lipinski definition) is 1. The second-order valence-corrected chi connectivity index (χ2v) is 6.31. The van der Waals surface area contributed by atoms with Crippen LogP contribution in [0.3, 0.4) is 0 Å². The van der Waals surface area contributed by atoms with Crippen molar-refractivity contribution in [1.82, 2.24) is 10.2 Å². The normalized spacial score (nSPS) is 30.6. The maximum Gasteiger partial charge on any atom is 0.0478 e. The average Bonchev–Trinajstić information content (AvgIpc) is 2.46. The third-order valence-electron chi connectivity index (χ3n) is 4.89. The quantitative estimate of drug-likeness (QED) is 0.750. The largest absolute Gasteiger partial charge is 0.382 e. The molecule has 0 bridgehead atoms. The molecule has 1 heterocycles. The Balaban J connectivity index is 1.74. The molecule has 0 aromatic rings. The lowest BCUT2D eigenvalue weighted by molar-refractivity contribution is 0.0843. The second kappa shape index (κ2) is 8.23. The smallest absolute Gasteiger partial charge is 0.0478 e. The molecule has 1 aliphatic carbocycles. The molecule has 3 nitrogen and oxygen atoms in total. The number of piperazine rings is 1. The van der Waals surface area contributed by atoms with Gasteiger partial charge in [0.05, 0.1) is 0 Å². The summed E-state index contributed by atoms with van der Waals surface area (Å²) in [6.45, 7) is 9.81. The average molecular weight is 268 g/mol. The summed E-state index contributed by atoms with van der Waals surface area (Å²) >= 11 is 0. The van der Waals surface area contributed by atoms with E-state index in [0.29, 0.717) is 6.04 Å². The van der Waals surface area contributed by atoms with E-state index >= 15 is 0 Å². The Morgan fingerprint density at radius 1 is 1.21 bits per heavy atom. The van der Waals surface area contributed by atoms with Crippen LogP contribution in [0, 0.1) is 5.92 Å². The number of nitrogens with zero attached hydrogens (tertiary/aromatic N) is 1. The van der Waals surface area contributed by atoms with E-state index in [1.807, 2.05) is 0 Å². The van der Waals surface area contributed by atoms with E-state index in [0.717, 1.165) is 31.7 Å². The Morgan fingerprint density at radius 2 is 2.00 bits per heavy atom. The van der Waals surface area contributed by atoms with E-state index in [1.54, 1.807) is 0 Å². The molecule has 2 fully saturated rings. The highest BCUT2D eigenvalue weighted by atomic mass is 16.5. The molecule has 0 radical (unpaired) electrons. The van der Waals surface area contributed by atoms with Gasteiger partial charge in [-0.25, -0.2) is 0 Å². The van der Waals surface area contributed by atoms with Gasteiger partial charge in [-0.3, -0.25) is 4.90 Å². The highest BCUT2D eigenvalue weighted by Gasteiger charge is 2.30. The van der Waals surface area contributed by atoms with Gasteiger partial charge in [0, 0.05) is 44.9 Å². The standard InChI is InChI=1S/C16H32N2O/c1-3-19-11-7-10-18-13-16(17-12-14(18)2)15-8-5-4-6-9-15/h14-17H,3-13H2,1-2H3. The highest BCUT2D eigenvalue weighted by Crippen LogP contribution is 2.28. The van der Waals surface area contributed by atoms with E-state index in [-0.39, 0.29) is 0 Å². The topological polar surface area (TPSA) is 24.5 Å². The zero-order valence-electron chi connectivity index (χ0n) is 12.9. The third-order valence-corrected chi connectivity index (χ3v) is 4.89. The van der Waals surface area contributed by atoms with Crippen LogP contribution in [0.25, 0.3) is 0 Å². The summed E-state index contributed by atoms with van der Waals surface area (Å²) in [7, 11) is 0. The van der Waals surface area contributed by atoms with Gasteiger partial charge in [-0.2, -0.15) is 0 Å². The molecule has 0 aromatic heterocycles. The first-order valence-corrected chi connectivity index (χ1v) is 8.36. The molecule has 0 amide bonds. The third kappa shape index (κ3) is 4.73. The van der Waals surface area contributed by atoms with Crippen LogP contribution in [0.15, 0.2) is 0 Å². The minimum Gasteiger partial charge on any atom is -0.382 e. The fraction of sp³-hybridized carbons (Fsp3) is 1.00. The zero-order chi connectivity index (χ0) is 13.5. The van der Waals surface area contributed by atoms with Crippen LogP contribution in [0.1, 0.15) is 52.4 Å². The zero-order valence-corrected chi connectivity index (χ0v) is 12.9. The van der Waals surface area contributed by atoms with Gasteiger partial charge >= 0.3 is 0 Å². The number of hydrogen-bond acceptors (Lipinski definition) is 3. The van der Waals surface area contributed by atoms with Crippen molar-refractivity contribution in [2.75, 3.05) is 32.8 Å². The Kier molecular flexibility index (Phi) is 6.62. The minimum atomic E-state index is 0.682. The number of nitrogens with one attached hydrogen (secondary N) is 1. The summed E-state index contributed by atoms with van der Waals surface area (Å²) in [5, 5.41) is 3.80. The van der Waals surface area contributed by atoms with Gasteiger partial charge in [0.15, 0.2) is 0 Å². The molecule has 1 saturated heterocycles. The summed E-state index contributed by atoms with van der Waals surface area (Å²) in [5.41, 5.74) is 0. The van der Waals surface area contributed by atoms with Crippen molar-refractivity contribution in [3.8, 4) is 0 Å². The maximum absolute atomic E-state index is 5.46. The van der Waals surface area contributed by atoms with E-state index in [9.17, 15) is 0 Å². The van der Waals surface area contributed by atoms with Crippen molar-refractivity contribution in [2.24, 2.45) is 5.92 Å². The molecule has 0 aromatic carbocycles. The van der Waals surface area contributed by atoms with Crippen molar-refractivity contribution in [1.29, 1.82) is 0 Å². The minimum absolute atomic E-state index is 0.682. The van der Waals surface area contributed by atoms with E-state index in [1.165, 1.54) is 51.6 Å². The van der Waals surface area contributed by atoms with Crippen LogP contribution < -0.4 is 5.32 Å². The fourth-order valence-electron chi connectivity index (χ4n) is 3.63. The second-order valence-electron chi connectivity index (χ2n) is 6.31. The Hall–Kier alpha value is -0.120. The molecule has 1 aliphatic heterocycles. The van der Waals surface area contributed by atoms with Crippen LogP contribution >= 0.6 is 0 Å². The van der Waals surface area contributed by atoms with Gasteiger partial charge in [-0.05, 0) is 39.0 Å². The van der Waals surface area contributed by atoms with Crippen LogP contribution in [-0.2, 0) is 4.74 Å². The van der Waals surface area contributed by atoms with Gasteiger partial charge in [0.1, 0.15) is 0 Å². The van der Waals surface area contributed by atoms with Gasteiger partial charge in [-0.1, -0.05) is 19.3 Å². The maximum atomic E-state index is 5.46. The Bertz CT molecular complexity index is 241. The molecule has 2 rings (SSSR count). The van der Waals surface area contributed by atoms with Crippen molar-refractivity contribution < 1.29 is 4.74 Å². The summed E-state index contributed by atoms with van der Waals surface area (Å²) in [6, 6.07) is 1.42. The molecule has 112 valence electrons. The SMILES string of the molecule is CCOCCCN1CC(C2CCCCC2)NCC1C. The lowest BCUT2D eigenvalue weighted by atomic mass is 9.82. The summed E-state index contributed by atoms with van der Waals surface area (Å²) in [4.78, 5) is 2.68. The van der Waals surface area contributed by atoms with Crippen molar-refractivity contribution in [2.45, 2.75) is 64.5 Å². The van der Waals surface area contributed by atoms with E-state index in [2.05, 4.69) is 24.1 Å². The first kappa shape index (κ1) is 15.3. The monoisotopic (exact) mass is 268 g/mol. The summed E-state index contributed by atoms with van der Waals surface area (Å²) < 4.78 is 5.46. The molecule has 1 N–H and O–H groups in total. The molecular formula is C16H32N2O. The van der Waals surface area contributed by atoms with Gasteiger partial charge in [0.25, 0.3) is 0 Å². The molecule has 2 unspecified atom stereocenters. The van der Waals surface area contributed by atoms with Crippen molar-refractivity contribution in [3.05, 3.63) is 0 Å². The first-order chi connectivity index (χ1) is 9.31.